The Bertz CT molecular complexity index is 923. The molecule has 6 nitrogen and oxygen atoms in total. The van der Waals surface area contributed by atoms with Gasteiger partial charge in [0.25, 0.3) is 0 Å². The van der Waals surface area contributed by atoms with E-state index in [0.29, 0.717) is 22.6 Å². The highest BCUT2D eigenvalue weighted by Gasteiger charge is 2.30. The van der Waals surface area contributed by atoms with Gasteiger partial charge in [0.15, 0.2) is 5.78 Å². The smallest absolute Gasteiger partial charge is 0.410 e. The number of likely N-dealkylation sites (tertiary alicyclic amines) is 1. The first kappa shape index (κ1) is 21.2. The van der Waals surface area contributed by atoms with Gasteiger partial charge in [0.1, 0.15) is 11.5 Å². The molecule has 1 aliphatic heterocycles. The fourth-order valence-corrected chi connectivity index (χ4v) is 3.33. The molecule has 3 rings (SSSR count). The Labute approximate surface area is 176 Å². The van der Waals surface area contributed by atoms with Crippen LogP contribution in [0.25, 0.3) is 12.2 Å². The Kier molecular flexibility index (Phi) is 6.91. The number of carbonyl (C=O) groups is 2. The molecule has 0 atom stereocenters. The molecule has 1 heterocycles. The van der Waals surface area contributed by atoms with Gasteiger partial charge in [-0.3, -0.25) is 9.69 Å². The van der Waals surface area contributed by atoms with Crippen molar-refractivity contribution in [2.45, 2.75) is 6.92 Å². The average molecular weight is 407 g/mol. The third-order valence-electron chi connectivity index (χ3n) is 4.77. The zero-order valence-corrected chi connectivity index (χ0v) is 17.4. The minimum Gasteiger partial charge on any atom is -0.496 e. The van der Waals surface area contributed by atoms with Crippen molar-refractivity contribution in [1.82, 2.24) is 4.90 Å². The summed E-state index contributed by atoms with van der Waals surface area (Å²) in [7, 11) is 3.16. The second kappa shape index (κ2) is 9.78. The third-order valence-corrected chi connectivity index (χ3v) is 4.77. The largest absolute Gasteiger partial charge is 0.496 e. The molecule has 0 bridgehead atoms. The minimum atomic E-state index is -0.457. The first-order chi connectivity index (χ1) is 14.6. The number of ether oxygens (including phenoxy) is 3. The quantitative estimate of drug-likeness (QED) is 0.695. The lowest BCUT2D eigenvalue weighted by molar-refractivity contribution is -0.113. The third kappa shape index (κ3) is 4.71. The molecule has 1 fully saturated rings. The summed E-state index contributed by atoms with van der Waals surface area (Å²) in [5.41, 5.74) is 2.51. The number of hydrogen-bond donors (Lipinski definition) is 0. The number of para-hydroxylation sites is 2. The molecule has 0 radical (unpaired) electrons. The minimum absolute atomic E-state index is 0.118. The average Bonchev–Trinajstić information content (AvgIpc) is 2.77. The summed E-state index contributed by atoms with van der Waals surface area (Å²) in [6.45, 7) is 2.35. The number of benzene rings is 2. The standard InChI is InChI=1S/C24H25NO5/c1-4-30-24(27)25-15-19(13-17-9-5-7-11-21(17)28-2)23(26)20(16-25)14-18-10-6-8-12-22(18)29-3/h5-14H,4,15-16H2,1-3H3/b19-13+,20-14+. The fraction of sp³-hybridized carbons (Fsp3) is 0.250. The molecule has 30 heavy (non-hydrogen) atoms. The maximum absolute atomic E-state index is 13.3. The van der Waals surface area contributed by atoms with Gasteiger partial charge in [-0.1, -0.05) is 36.4 Å². The molecule has 0 aromatic heterocycles. The lowest BCUT2D eigenvalue weighted by Gasteiger charge is -2.29. The van der Waals surface area contributed by atoms with Crippen LogP contribution in [0.15, 0.2) is 59.7 Å². The van der Waals surface area contributed by atoms with Crippen molar-refractivity contribution >= 4 is 24.0 Å². The summed E-state index contributed by atoms with van der Waals surface area (Å²) in [4.78, 5) is 27.2. The SMILES string of the molecule is CCOC(=O)N1C/C(=C\c2ccccc2OC)C(=O)/C(=C/c2ccccc2OC)C1. The molecule has 0 spiro atoms. The van der Waals surface area contributed by atoms with Crippen LogP contribution in [0.3, 0.4) is 0 Å². The highest BCUT2D eigenvalue weighted by Crippen LogP contribution is 2.28. The van der Waals surface area contributed by atoms with E-state index in [1.54, 1.807) is 33.3 Å². The number of piperidine rings is 1. The molecular formula is C24H25NO5. The van der Waals surface area contributed by atoms with E-state index in [1.165, 1.54) is 4.90 Å². The molecule has 0 saturated carbocycles. The second-order valence-corrected chi connectivity index (χ2v) is 6.71. The van der Waals surface area contributed by atoms with Gasteiger partial charge in [-0.15, -0.1) is 0 Å². The zero-order chi connectivity index (χ0) is 21.5. The zero-order valence-electron chi connectivity index (χ0n) is 17.4. The highest BCUT2D eigenvalue weighted by molar-refractivity contribution is 6.15. The molecule has 156 valence electrons. The topological polar surface area (TPSA) is 65.1 Å². The van der Waals surface area contributed by atoms with E-state index in [9.17, 15) is 9.59 Å². The number of hydrogen-bond acceptors (Lipinski definition) is 5. The molecule has 1 saturated heterocycles. The van der Waals surface area contributed by atoms with E-state index in [-0.39, 0.29) is 25.5 Å². The number of rotatable bonds is 5. The van der Waals surface area contributed by atoms with E-state index in [1.807, 2.05) is 48.5 Å². The van der Waals surface area contributed by atoms with Gasteiger partial charge in [-0.05, 0) is 31.2 Å². The van der Waals surface area contributed by atoms with Crippen LogP contribution in [-0.4, -0.2) is 50.7 Å². The summed E-state index contributed by atoms with van der Waals surface area (Å²) in [6, 6.07) is 14.9. The predicted molar refractivity (Wildman–Crippen MR) is 116 cm³/mol. The van der Waals surface area contributed by atoms with E-state index in [0.717, 1.165) is 11.1 Å². The van der Waals surface area contributed by atoms with Crippen LogP contribution >= 0.6 is 0 Å². The molecular weight excluding hydrogens is 382 g/mol. The fourth-order valence-electron chi connectivity index (χ4n) is 3.33. The van der Waals surface area contributed by atoms with Crippen LogP contribution in [0.5, 0.6) is 11.5 Å². The van der Waals surface area contributed by atoms with Crippen molar-refractivity contribution in [2.75, 3.05) is 33.9 Å². The van der Waals surface area contributed by atoms with Crippen molar-refractivity contribution in [2.24, 2.45) is 0 Å². The van der Waals surface area contributed by atoms with Gasteiger partial charge in [0, 0.05) is 22.3 Å². The van der Waals surface area contributed by atoms with Crippen molar-refractivity contribution in [3.8, 4) is 11.5 Å². The number of nitrogens with zero attached hydrogens (tertiary/aromatic N) is 1. The maximum Gasteiger partial charge on any atom is 0.410 e. The molecule has 2 aromatic carbocycles. The van der Waals surface area contributed by atoms with Crippen LogP contribution in [0, 0.1) is 0 Å². The summed E-state index contributed by atoms with van der Waals surface area (Å²) >= 11 is 0. The molecule has 1 aliphatic rings. The van der Waals surface area contributed by atoms with Crippen molar-refractivity contribution < 1.29 is 23.8 Å². The molecule has 0 unspecified atom stereocenters. The highest BCUT2D eigenvalue weighted by atomic mass is 16.6. The Hall–Kier alpha value is -3.54. The first-order valence-corrected chi connectivity index (χ1v) is 9.71. The number of amides is 1. The van der Waals surface area contributed by atoms with Crippen molar-refractivity contribution in [1.29, 1.82) is 0 Å². The van der Waals surface area contributed by atoms with Crippen LogP contribution < -0.4 is 9.47 Å². The second-order valence-electron chi connectivity index (χ2n) is 6.71. The molecule has 2 aromatic rings. The van der Waals surface area contributed by atoms with Gasteiger partial charge in [0.2, 0.25) is 0 Å². The summed E-state index contributed by atoms with van der Waals surface area (Å²) in [5, 5.41) is 0. The monoisotopic (exact) mass is 407 g/mol. The van der Waals surface area contributed by atoms with Crippen molar-refractivity contribution in [3.05, 3.63) is 70.8 Å². The molecule has 0 N–H and O–H groups in total. The number of ketones is 1. The maximum atomic E-state index is 13.3. The molecule has 6 heteroatoms. The molecule has 1 amide bonds. The van der Waals surface area contributed by atoms with Crippen LogP contribution in [0.2, 0.25) is 0 Å². The van der Waals surface area contributed by atoms with E-state index < -0.39 is 6.09 Å². The molecule has 0 aliphatic carbocycles. The van der Waals surface area contributed by atoms with E-state index in [2.05, 4.69) is 0 Å². The Balaban J connectivity index is 2.04. The van der Waals surface area contributed by atoms with Gasteiger partial charge in [-0.25, -0.2) is 4.79 Å². The lowest BCUT2D eigenvalue weighted by atomic mass is 9.94. The number of Topliss-reactive ketones (excluding diaryl/α,β-unsaturated/α-hetero) is 1. The van der Waals surface area contributed by atoms with Crippen LogP contribution in [0.4, 0.5) is 4.79 Å². The van der Waals surface area contributed by atoms with E-state index in [4.69, 9.17) is 14.2 Å². The first-order valence-electron chi connectivity index (χ1n) is 9.71. The summed E-state index contributed by atoms with van der Waals surface area (Å²) in [5.74, 6) is 1.19. The number of methoxy groups -OCH3 is 2. The number of carbonyl (C=O) groups excluding carboxylic acids is 2. The Morgan fingerprint density at radius 1 is 0.900 bits per heavy atom. The predicted octanol–water partition coefficient (Wildman–Crippen LogP) is 4.21. The van der Waals surface area contributed by atoms with Crippen LogP contribution in [0.1, 0.15) is 18.1 Å². The van der Waals surface area contributed by atoms with Gasteiger partial charge >= 0.3 is 6.09 Å². The summed E-state index contributed by atoms with van der Waals surface area (Å²) < 4.78 is 16.0. The van der Waals surface area contributed by atoms with Gasteiger partial charge in [-0.2, -0.15) is 0 Å². The van der Waals surface area contributed by atoms with Gasteiger partial charge < -0.3 is 14.2 Å². The van der Waals surface area contributed by atoms with E-state index >= 15 is 0 Å². The summed E-state index contributed by atoms with van der Waals surface area (Å²) in [6.07, 6.45) is 3.08. The lowest BCUT2D eigenvalue weighted by Crippen LogP contribution is -2.41. The Morgan fingerprint density at radius 3 is 1.80 bits per heavy atom. The normalized spacial score (nSPS) is 16.6. The Morgan fingerprint density at radius 2 is 1.37 bits per heavy atom. The van der Waals surface area contributed by atoms with Gasteiger partial charge in [0.05, 0.1) is 33.9 Å². The van der Waals surface area contributed by atoms with Crippen LogP contribution in [-0.2, 0) is 9.53 Å². The van der Waals surface area contributed by atoms with Crippen molar-refractivity contribution in [3.63, 3.8) is 0 Å².